The van der Waals surface area contributed by atoms with Gasteiger partial charge in [-0.25, -0.2) is 19.2 Å². The number of esters is 2. The van der Waals surface area contributed by atoms with Crippen LogP contribution in [-0.4, -0.2) is 50.3 Å². The molecular formula is C26H26O10. The van der Waals surface area contributed by atoms with Gasteiger partial charge in [-0.2, -0.15) is 9.78 Å². The minimum atomic E-state index is -0.708. The molecule has 0 aromatic heterocycles. The van der Waals surface area contributed by atoms with E-state index in [0.29, 0.717) is 0 Å². The van der Waals surface area contributed by atoms with E-state index < -0.39 is 23.9 Å². The zero-order chi connectivity index (χ0) is 26.5. The Kier molecular flexibility index (Phi) is 11.0. The van der Waals surface area contributed by atoms with Crippen LogP contribution in [0.4, 0.5) is 0 Å². The molecule has 10 nitrogen and oxygen atoms in total. The van der Waals surface area contributed by atoms with Crippen LogP contribution < -0.4 is 0 Å². The molecule has 0 aliphatic heterocycles. The number of carbonyl (C=O) groups excluding carboxylic acids is 4. The van der Waals surface area contributed by atoms with Crippen molar-refractivity contribution in [1.82, 2.24) is 0 Å². The smallest absolute Gasteiger partial charge is 0.373 e. The first-order valence-electron chi connectivity index (χ1n) is 10.7. The fourth-order valence-electron chi connectivity index (χ4n) is 2.47. The molecule has 0 radical (unpaired) electrons. The van der Waals surface area contributed by atoms with Gasteiger partial charge in [0.1, 0.15) is 26.4 Å². The summed E-state index contributed by atoms with van der Waals surface area (Å²) in [7, 11) is 0. The summed E-state index contributed by atoms with van der Waals surface area (Å²) in [6, 6.07) is 13.0. The molecule has 0 saturated heterocycles. The molecule has 0 bridgehead atoms. The van der Waals surface area contributed by atoms with Crippen LogP contribution in [0.2, 0.25) is 0 Å². The summed E-state index contributed by atoms with van der Waals surface area (Å²) in [4.78, 5) is 65.4. The van der Waals surface area contributed by atoms with Gasteiger partial charge in [0.05, 0.1) is 11.1 Å². The first-order valence-corrected chi connectivity index (χ1v) is 10.7. The zero-order valence-electron chi connectivity index (χ0n) is 19.9. The fourth-order valence-corrected chi connectivity index (χ4v) is 2.47. The van der Waals surface area contributed by atoms with Gasteiger partial charge >= 0.3 is 23.9 Å². The minimum absolute atomic E-state index is 0.0849. The molecule has 0 saturated carbocycles. The van der Waals surface area contributed by atoms with Crippen LogP contribution in [0.25, 0.3) is 11.1 Å². The maximum atomic E-state index is 12.0. The number of benzene rings is 2. The van der Waals surface area contributed by atoms with Crippen molar-refractivity contribution in [3.63, 3.8) is 0 Å². The lowest BCUT2D eigenvalue weighted by Crippen LogP contribution is -2.13. The average molecular weight is 498 g/mol. The Morgan fingerprint density at radius 2 is 0.917 bits per heavy atom. The number of carbonyl (C=O) groups is 4. The molecule has 0 amide bonds. The Morgan fingerprint density at radius 3 is 1.22 bits per heavy atom. The van der Waals surface area contributed by atoms with Crippen LogP contribution in [0.15, 0.2) is 72.8 Å². The Hall–Kier alpha value is -4.28. The quantitative estimate of drug-likeness (QED) is 0.133. The predicted molar refractivity (Wildman–Crippen MR) is 126 cm³/mol. The second-order valence-electron chi connectivity index (χ2n) is 7.37. The molecule has 0 atom stereocenters. The van der Waals surface area contributed by atoms with Crippen LogP contribution in [0.3, 0.4) is 0 Å². The Labute approximate surface area is 207 Å². The fraction of sp³-hybridized carbons (Fsp3) is 0.231. The van der Waals surface area contributed by atoms with Gasteiger partial charge in [0.25, 0.3) is 0 Å². The van der Waals surface area contributed by atoms with Crippen molar-refractivity contribution in [1.29, 1.82) is 0 Å². The lowest BCUT2D eigenvalue weighted by atomic mass is 10.0. The van der Waals surface area contributed by atoms with Crippen molar-refractivity contribution in [3.05, 3.63) is 84.0 Å². The summed E-state index contributed by atoms with van der Waals surface area (Å²) in [6.07, 6.45) is 0. The Bertz CT molecular complexity index is 1010. The van der Waals surface area contributed by atoms with Gasteiger partial charge in [-0.1, -0.05) is 37.4 Å². The molecule has 0 heterocycles. The van der Waals surface area contributed by atoms with Crippen LogP contribution in [0.5, 0.6) is 0 Å². The number of hydrogen-bond acceptors (Lipinski definition) is 10. The summed E-state index contributed by atoms with van der Waals surface area (Å²) in [5, 5.41) is 0. The SMILES string of the molecule is C=C(C)C(=O)OCCOOC(=O)c1ccc(-c2ccc(C(=O)OOCCOC(=O)C(=C)C)cc2)cc1. The average Bonchev–Trinajstić information content (AvgIpc) is 2.87. The van der Waals surface area contributed by atoms with E-state index in [9.17, 15) is 19.2 Å². The summed E-state index contributed by atoms with van der Waals surface area (Å²) < 4.78 is 9.63. The lowest BCUT2D eigenvalue weighted by Gasteiger charge is -2.07. The number of ether oxygens (including phenoxy) is 2. The summed E-state index contributed by atoms with van der Waals surface area (Å²) in [5.74, 6) is -2.53. The van der Waals surface area contributed by atoms with E-state index in [1.54, 1.807) is 48.5 Å². The van der Waals surface area contributed by atoms with E-state index in [2.05, 4.69) is 22.9 Å². The standard InChI is InChI=1S/C26H26O10/c1-17(2)23(27)31-13-15-33-35-25(29)21-9-5-19(6-10-21)20-7-11-22(12-8-20)26(30)36-34-16-14-32-24(28)18(3)4/h5-12H,1,3,13-16H2,2,4H3. The van der Waals surface area contributed by atoms with Gasteiger partial charge in [0, 0.05) is 11.1 Å². The highest BCUT2D eigenvalue weighted by Crippen LogP contribution is 2.21. The molecule has 10 heteroatoms. The topological polar surface area (TPSA) is 124 Å². The van der Waals surface area contributed by atoms with Crippen molar-refractivity contribution < 1.29 is 48.2 Å². The minimum Gasteiger partial charge on any atom is -0.460 e. The molecule has 0 spiro atoms. The molecule has 0 aliphatic carbocycles. The summed E-state index contributed by atoms with van der Waals surface area (Å²) >= 11 is 0. The van der Waals surface area contributed by atoms with E-state index in [1.807, 2.05) is 0 Å². The summed E-state index contributed by atoms with van der Waals surface area (Å²) in [5.41, 5.74) is 2.59. The third-order valence-corrected chi connectivity index (χ3v) is 4.34. The predicted octanol–water partition coefficient (Wildman–Crippen LogP) is 3.77. The van der Waals surface area contributed by atoms with Crippen LogP contribution >= 0.6 is 0 Å². The maximum absolute atomic E-state index is 12.0. The molecule has 2 rings (SSSR count). The molecule has 36 heavy (non-hydrogen) atoms. The third kappa shape index (κ3) is 9.16. The monoisotopic (exact) mass is 498 g/mol. The maximum Gasteiger partial charge on any atom is 0.373 e. The molecule has 2 aromatic rings. The van der Waals surface area contributed by atoms with Gasteiger partial charge in [-0.05, 0) is 49.2 Å². The highest BCUT2D eigenvalue weighted by atomic mass is 17.2. The molecule has 190 valence electrons. The highest BCUT2D eigenvalue weighted by molar-refractivity contribution is 5.91. The van der Waals surface area contributed by atoms with Crippen molar-refractivity contribution in [2.24, 2.45) is 0 Å². The van der Waals surface area contributed by atoms with Crippen molar-refractivity contribution in [3.8, 4) is 11.1 Å². The largest absolute Gasteiger partial charge is 0.460 e. The second kappa shape index (κ2) is 14.2. The van der Waals surface area contributed by atoms with Crippen molar-refractivity contribution in [2.45, 2.75) is 13.8 Å². The highest BCUT2D eigenvalue weighted by Gasteiger charge is 2.12. The zero-order valence-corrected chi connectivity index (χ0v) is 19.9. The van der Waals surface area contributed by atoms with E-state index in [0.717, 1.165) is 11.1 Å². The van der Waals surface area contributed by atoms with Crippen LogP contribution in [0.1, 0.15) is 34.6 Å². The first-order chi connectivity index (χ1) is 17.2. The number of hydrogen-bond donors (Lipinski definition) is 0. The van der Waals surface area contributed by atoms with Gasteiger partial charge < -0.3 is 9.47 Å². The van der Waals surface area contributed by atoms with E-state index in [4.69, 9.17) is 19.2 Å². The van der Waals surface area contributed by atoms with Crippen LogP contribution in [0, 0.1) is 0 Å². The van der Waals surface area contributed by atoms with Crippen molar-refractivity contribution in [2.75, 3.05) is 26.4 Å². The summed E-state index contributed by atoms with van der Waals surface area (Å²) in [6.45, 7) is 9.51. The normalized spacial score (nSPS) is 10.2. The molecule has 0 aliphatic rings. The van der Waals surface area contributed by atoms with Crippen molar-refractivity contribution >= 4 is 23.9 Å². The molecule has 0 unspecified atom stereocenters. The molecule has 0 N–H and O–H groups in total. The lowest BCUT2D eigenvalue weighted by molar-refractivity contribution is -0.246. The van der Waals surface area contributed by atoms with Gasteiger partial charge in [-0.3, -0.25) is 9.78 Å². The van der Waals surface area contributed by atoms with Crippen LogP contribution in [-0.2, 0) is 38.6 Å². The second-order valence-corrected chi connectivity index (χ2v) is 7.37. The van der Waals surface area contributed by atoms with Gasteiger partial charge in [0.2, 0.25) is 0 Å². The van der Waals surface area contributed by atoms with E-state index in [-0.39, 0.29) is 48.7 Å². The molecular weight excluding hydrogens is 472 g/mol. The van der Waals surface area contributed by atoms with E-state index >= 15 is 0 Å². The number of rotatable bonds is 13. The van der Waals surface area contributed by atoms with Gasteiger partial charge in [0.15, 0.2) is 0 Å². The molecule has 2 aromatic carbocycles. The Morgan fingerprint density at radius 1 is 0.583 bits per heavy atom. The van der Waals surface area contributed by atoms with E-state index in [1.165, 1.54) is 13.8 Å². The first kappa shape index (κ1) is 28.0. The Balaban J connectivity index is 1.78. The molecule has 0 fully saturated rings. The third-order valence-electron chi connectivity index (χ3n) is 4.34. The van der Waals surface area contributed by atoms with Gasteiger partial charge in [-0.15, -0.1) is 0 Å².